The first kappa shape index (κ1) is 11.0. The van der Waals surface area contributed by atoms with Gasteiger partial charge in [0.2, 0.25) is 0 Å². The van der Waals surface area contributed by atoms with E-state index in [0.717, 1.165) is 17.8 Å². The van der Waals surface area contributed by atoms with Gasteiger partial charge in [0.05, 0.1) is 0 Å². The highest BCUT2D eigenvalue weighted by molar-refractivity contribution is 4.62. The van der Waals surface area contributed by atoms with Crippen LogP contribution in [-0.2, 0) is 0 Å². The van der Waals surface area contributed by atoms with Gasteiger partial charge in [-0.1, -0.05) is 47.5 Å². The molecule has 68 valence electrons. The summed E-state index contributed by atoms with van der Waals surface area (Å²) in [7, 11) is 0. The van der Waals surface area contributed by atoms with Crippen LogP contribution in [0.5, 0.6) is 0 Å². The van der Waals surface area contributed by atoms with Gasteiger partial charge >= 0.3 is 0 Å². The van der Waals surface area contributed by atoms with Crippen molar-refractivity contribution in [2.24, 2.45) is 17.8 Å². The van der Waals surface area contributed by atoms with E-state index in [1.807, 2.05) is 0 Å². The molecule has 0 aromatic carbocycles. The Labute approximate surface area is 72.4 Å². The van der Waals surface area contributed by atoms with E-state index in [2.05, 4.69) is 34.6 Å². The first-order chi connectivity index (χ1) is 5.07. The van der Waals surface area contributed by atoms with E-state index in [0.29, 0.717) is 0 Å². The third kappa shape index (κ3) is 5.29. The number of hydrogen-bond acceptors (Lipinski definition) is 0. The molecule has 0 aliphatic rings. The summed E-state index contributed by atoms with van der Waals surface area (Å²) < 4.78 is 0. The molecular formula is C11H24. The van der Waals surface area contributed by atoms with Crippen molar-refractivity contribution < 1.29 is 0 Å². The van der Waals surface area contributed by atoms with Crippen molar-refractivity contribution in [3.8, 4) is 0 Å². The van der Waals surface area contributed by atoms with Gasteiger partial charge in [-0.3, -0.25) is 0 Å². The summed E-state index contributed by atoms with van der Waals surface area (Å²) in [4.78, 5) is 0. The lowest BCUT2D eigenvalue weighted by atomic mass is 9.87. The Kier molecular flexibility index (Phi) is 5.62. The zero-order valence-electron chi connectivity index (χ0n) is 8.85. The van der Waals surface area contributed by atoms with Crippen molar-refractivity contribution in [2.45, 2.75) is 53.9 Å². The van der Waals surface area contributed by atoms with E-state index in [9.17, 15) is 0 Å². The second-order valence-corrected chi connectivity index (χ2v) is 4.38. The summed E-state index contributed by atoms with van der Waals surface area (Å²) in [5.41, 5.74) is 0. The van der Waals surface area contributed by atoms with Crippen LogP contribution >= 0.6 is 0 Å². The van der Waals surface area contributed by atoms with Gasteiger partial charge in [0.1, 0.15) is 0 Å². The predicted molar refractivity (Wildman–Crippen MR) is 52.7 cm³/mol. The van der Waals surface area contributed by atoms with Crippen LogP contribution < -0.4 is 0 Å². The Morgan fingerprint density at radius 1 is 0.909 bits per heavy atom. The molecule has 0 heterocycles. The highest BCUT2D eigenvalue weighted by Crippen LogP contribution is 2.22. The highest BCUT2D eigenvalue weighted by atomic mass is 14.2. The molecule has 1 unspecified atom stereocenters. The molecule has 0 bridgehead atoms. The van der Waals surface area contributed by atoms with Crippen LogP contribution in [0.4, 0.5) is 0 Å². The van der Waals surface area contributed by atoms with Gasteiger partial charge in [-0.15, -0.1) is 0 Å². The molecule has 0 aromatic rings. The van der Waals surface area contributed by atoms with Crippen molar-refractivity contribution >= 4 is 0 Å². The van der Waals surface area contributed by atoms with Crippen LogP contribution in [0.3, 0.4) is 0 Å². The molecule has 0 heteroatoms. The molecule has 0 nitrogen and oxygen atoms in total. The summed E-state index contributed by atoms with van der Waals surface area (Å²) in [6.07, 6.45) is 4.17. The molecule has 0 saturated carbocycles. The van der Waals surface area contributed by atoms with Crippen molar-refractivity contribution in [2.75, 3.05) is 0 Å². The second-order valence-electron chi connectivity index (χ2n) is 4.38. The molecule has 0 aliphatic heterocycles. The van der Waals surface area contributed by atoms with Crippen molar-refractivity contribution in [1.82, 2.24) is 0 Å². The third-order valence-electron chi connectivity index (χ3n) is 2.58. The predicted octanol–water partition coefficient (Wildman–Crippen LogP) is 4.10. The van der Waals surface area contributed by atoms with Crippen molar-refractivity contribution in [3.05, 3.63) is 0 Å². The number of hydrogen-bond donors (Lipinski definition) is 0. The Bertz CT molecular complexity index is 82.0. The molecular weight excluding hydrogens is 132 g/mol. The molecule has 0 N–H and O–H groups in total. The largest absolute Gasteiger partial charge is 0.0651 e. The smallest absolute Gasteiger partial charge is 0.0394 e. The van der Waals surface area contributed by atoms with Crippen LogP contribution in [0.15, 0.2) is 0 Å². The van der Waals surface area contributed by atoms with Crippen molar-refractivity contribution in [1.29, 1.82) is 0 Å². The Balaban J connectivity index is 3.52. The maximum atomic E-state index is 2.34. The van der Waals surface area contributed by atoms with Gasteiger partial charge < -0.3 is 0 Å². The van der Waals surface area contributed by atoms with E-state index >= 15 is 0 Å². The summed E-state index contributed by atoms with van der Waals surface area (Å²) in [5.74, 6) is 2.71. The fraction of sp³-hybridized carbons (Fsp3) is 1.00. The Morgan fingerprint density at radius 2 is 1.45 bits per heavy atom. The standard InChI is InChI=1S/C11H24/c1-6-11(10(4)5)8-7-9(2)3/h9-11H,6-8H2,1-5H3. The molecule has 0 fully saturated rings. The van der Waals surface area contributed by atoms with Gasteiger partial charge in [0, 0.05) is 0 Å². The Hall–Kier alpha value is 0. The van der Waals surface area contributed by atoms with Crippen LogP contribution in [-0.4, -0.2) is 0 Å². The van der Waals surface area contributed by atoms with E-state index < -0.39 is 0 Å². The monoisotopic (exact) mass is 156 g/mol. The summed E-state index contributed by atoms with van der Waals surface area (Å²) in [5, 5.41) is 0. The van der Waals surface area contributed by atoms with E-state index in [1.54, 1.807) is 0 Å². The minimum atomic E-state index is 0.874. The minimum absolute atomic E-state index is 0.874. The van der Waals surface area contributed by atoms with Gasteiger partial charge in [-0.05, 0) is 24.2 Å². The Morgan fingerprint density at radius 3 is 1.73 bits per heavy atom. The van der Waals surface area contributed by atoms with Gasteiger partial charge in [0.25, 0.3) is 0 Å². The number of rotatable bonds is 5. The quantitative estimate of drug-likeness (QED) is 0.562. The summed E-state index contributed by atoms with van der Waals surface area (Å²) in [6, 6.07) is 0. The molecule has 1 atom stereocenters. The van der Waals surface area contributed by atoms with Crippen LogP contribution in [0, 0.1) is 17.8 Å². The van der Waals surface area contributed by atoms with E-state index in [4.69, 9.17) is 0 Å². The van der Waals surface area contributed by atoms with Crippen LogP contribution in [0.1, 0.15) is 53.9 Å². The fourth-order valence-corrected chi connectivity index (χ4v) is 1.56. The summed E-state index contributed by atoms with van der Waals surface area (Å²) in [6.45, 7) is 11.6. The first-order valence-electron chi connectivity index (χ1n) is 5.07. The van der Waals surface area contributed by atoms with Crippen LogP contribution in [0.25, 0.3) is 0 Å². The molecule has 11 heavy (non-hydrogen) atoms. The van der Waals surface area contributed by atoms with Gasteiger partial charge in [-0.2, -0.15) is 0 Å². The molecule has 0 amide bonds. The fourth-order valence-electron chi connectivity index (χ4n) is 1.56. The maximum absolute atomic E-state index is 2.34. The van der Waals surface area contributed by atoms with Gasteiger partial charge in [-0.25, -0.2) is 0 Å². The SMILES string of the molecule is CCC(CCC(C)C)C(C)C. The lowest BCUT2D eigenvalue weighted by Crippen LogP contribution is -2.08. The second kappa shape index (κ2) is 5.62. The molecule has 0 spiro atoms. The van der Waals surface area contributed by atoms with Crippen LogP contribution in [0.2, 0.25) is 0 Å². The molecule has 0 rings (SSSR count). The average Bonchev–Trinajstić information content (AvgIpc) is 1.87. The normalized spacial score (nSPS) is 14.5. The molecule has 0 radical (unpaired) electrons. The zero-order chi connectivity index (χ0) is 8.85. The first-order valence-corrected chi connectivity index (χ1v) is 5.07. The lowest BCUT2D eigenvalue weighted by Gasteiger charge is -2.19. The molecule has 0 aliphatic carbocycles. The lowest BCUT2D eigenvalue weighted by molar-refractivity contribution is 0.322. The maximum Gasteiger partial charge on any atom is -0.0394 e. The average molecular weight is 156 g/mol. The third-order valence-corrected chi connectivity index (χ3v) is 2.58. The molecule has 0 aromatic heterocycles. The minimum Gasteiger partial charge on any atom is -0.0651 e. The zero-order valence-corrected chi connectivity index (χ0v) is 8.85. The van der Waals surface area contributed by atoms with Crippen molar-refractivity contribution in [3.63, 3.8) is 0 Å². The highest BCUT2D eigenvalue weighted by Gasteiger charge is 2.10. The van der Waals surface area contributed by atoms with Gasteiger partial charge in [0.15, 0.2) is 0 Å². The summed E-state index contributed by atoms with van der Waals surface area (Å²) >= 11 is 0. The van der Waals surface area contributed by atoms with E-state index in [1.165, 1.54) is 19.3 Å². The topological polar surface area (TPSA) is 0 Å². The van der Waals surface area contributed by atoms with E-state index in [-0.39, 0.29) is 0 Å². The molecule has 0 saturated heterocycles.